The predicted octanol–water partition coefficient (Wildman–Crippen LogP) is 3.38. The second-order valence-corrected chi connectivity index (χ2v) is 4.39. The van der Waals surface area contributed by atoms with E-state index in [1.54, 1.807) is 13.2 Å². The molecule has 0 bridgehead atoms. The minimum absolute atomic E-state index is 0.0961. The van der Waals surface area contributed by atoms with E-state index < -0.39 is 0 Å². The van der Waals surface area contributed by atoms with Crippen LogP contribution in [0.5, 0.6) is 17.2 Å². The molecule has 0 heterocycles. The van der Waals surface area contributed by atoms with Gasteiger partial charge in [0.15, 0.2) is 11.5 Å². The van der Waals surface area contributed by atoms with Crippen LogP contribution in [0.25, 0.3) is 0 Å². The van der Waals surface area contributed by atoms with Gasteiger partial charge in [-0.15, -0.1) is 0 Å². The molecule has 0 saturated heterocycles. The minimum atomic E-state index is 0.0961. The van der Waals surface area contributed by atoms with E-state index in [0.717, 1.165) is 12.8 Å². The Labute approximate surface area is 99.9 Å². The van der Waals surface area contributed by atoms with Crippen molar-refractivity contribution in [3.63, 3.8) is 0 Å². The van der Waals surface area contributed by atoms with Crippen molar-refractivity contribution >= 4 is 11.6 Å². The van der Waals surface area contributed by atoms with Crippen molar-refractivity contribution in [3.8, 4) is 17.2 Å². The fourth-order valence-corrected chi connectivity index (χ4v) is 2.31. The molecule has 0 aromatic heterocycles. The Kier molecular flexibility index (Phi) is 3.44. The molecular weight excluding hydrogens is 228 g/mol. The zero-order valence-electron chi connectivity index (χ0n) is 9.20. The number of rotatable bonds is 3. The second-order valence-electron chi connectivity index (χ2n) is 3.98. The molecule has 1 aromatic carbocycles. The summed E-state index contributed by atoms with van der Waals surface area (Å²) in [5.74, 6) is 1.12. The van der Waals surface area contributed by atoms with Crippen molar-refractivity contribution in [3.05, 3.63) is 17.2 Å². The van der Waals surface area contributed by atoms with Gasteiger partial charge in [0, 0.05) is 12.1 Å². The van der Waals surface area contributed by atoms with Gasteiger partial charge in [-0.25, -0.2) is 0 Å². The smallest absolute Gasteiger partial charge is 0.179 e. The second kappa shape index (κ2) is 4.83. The lowest BCUT2D eigenvalue weighted by Gasteiger charge is -2.16. The maximum absolute atomic E-state index is 9.47. The molecule has 16 heavy (non-hydrogen) atoms. The van der Waals surface area contributed by atoms with Gasteiger partial charge in [-0.3, -0.25) is 0 Å². The number of phenolic OH excluding ortho intramolecular Hbond substituents is 1. The van der Waals surface area contributed by atoms with Gasteiger partial charge in [-0.05, 0) is 25.7 Å². The largest absolute Gasteiger partial charge is 0.508 e. The lowest BCUT2D eigenvalue weighted by Crippen LogP contribution is -2.11. The first-order valence-electron chi connectivity index (χ1n) is 5.44. The Morgan fingerprint density at radius 3 is 2.62 bits per heavy atom. The quantitative estimate of drug-likeness (QED) is 0.883. The zero-order valence-corrected chi connectivity index (χ0v) is 9.96. The summed E-state index contributed by atoms with van der Waals surface area (Å²) in [6.45, 7) is 0. The standard InChI is InChI=1S/C12H15ClO3/c1-15-12-10(13)6-8(14)7-11(12)16-9-4-2-3-5-9/h6-7,9,14H,2-5H2,1H3. The normalized spacial score (nSPS) is 16.4. The molecule has 1 N–H and O–H groups in total. The summed E-state index contributed by atoms with van der Waals surface area (Å²) in [6, 6.07) is 2.99. The summed E-state index contributed by atoms with van der Waals surface area (Å²) in [6.07, 6.45) is 4.71. The van der Waals surface area contributed by atoms with Gasteiger partial charge in [0.05, 0.1) is 18.2 Å². The molecule has 88 valence electrons. The molecule has 1 aliphatic rings. The Morgan fingerprint density at radius 2 is 2.00 bits per heavy atom. The fourth-order valence-electron chi connectivity index (χ4n) is 2.03. The van der Waals surface area contributed by atoms with E-state index in [-0.39, 0.29) is 11.9 Å². The highest BCUT2D eigenvalue weighted by atomic mass is 35.5. The van der Waals surface area contributed by atoms with E-state index >= 15 is 0 Å². The topological polar surface area (TPSA) is 38.7 Å². The van der Waals surface area contributed by atoms with E-state index in [2.05, 4.69) is 0 Å². The SMILES string of the molecule is COc1c(Cl)cc(O)cc1OC1CCCC1. The highest BCUT2D eigenvalue weighted by molar-refractivity contribution is 6.32. The van der Waals surface area contributed by atoms with E-state index in [4.69, 9.17) is 21.1 Å². The molecule has 0 radical (unpaired) electrons. The zero-order chi connectivity index (χ0) is 11.5. The first-order chi connectivity index (χ1) is 7.70. The molecule has 0 unspecified atom stereocenters. The van der Waals surface area contributed by atoms with Crippen LogP contribution >= 0.6 is 11.6 Å². The number of halogens is 1. The molecule has 1 aliphatic carbocycles. The summed E-state index contributed by atoms with van der Waals surface area (Å²) in [5.41, 5.74) is 0. The number of hydrogen-bond donors (Lipinski definition) is 1. The van der Waals surface area contributed by atoms with E-state index in [9.17, 15) is 5.11 Å². The summed E-state index contributed by atoms with van der Waals surface area (Å²) in [5, 5.41) is 9.84. The van der Waals surface area contributed by atoms with Crippen LogP contribution in [0.15, 0.2) is 12.1 Å². The van der Waals surface area contributed by atoms with Crippen LogP contribution in [-0.2, 0) is 0 Å². The van der Waals surface area contributed by atoms with Crippen LogP contribution in [0, 0.1) is 0 Å². The molecule has 1 aromatic rings. The number of hydrogen-bond acceptors (Lipinski definition) is 3. The van der Waals surface area contributed by atoms with E-state index in [1.165, 1.54) is 18.9 Å². The highest BCUT2D eigenvalue weighted by Crippen LogP contribution is 2.40. The molecule has 4 heteroatoms. The van der Waals surface area contributed by atoms with Gasteiger partial charge in [0.1, 0.15) is 5.75 Å². The van der Waals surface area contributed by atoms with Crippen molar-refractivity contribution in [2.45, 2.75) is 31.8 Å². The molecule has 1 saturated carbocycles. The first-order valence-corrected chi connectivity index (χ1v) is 5.81. The maximum atomic E-state index is 9.47. The molecule has 0 atom stereocenters. The van der Waals surface area contributed by atoms with Gasteiger partial charge in [0.25, 0.3) is 0 Å². The molecule has 3 nitrogen and oxygen atoms in total. The summed E-state index contributed by atoms with van der Waals surface area (Å²) >= 11 is 5.96. The monoisotopic (exact) mass is 242 g/mol. The number of methoxy groups -OCH3 is 1. The fraction of sp³-hybridized carbons (Fsp3) is 0.500. The Morgan fingerprint density at radius 1 is 1.31 bits per heavy atom. The van der Waals surface area contributed by atoms with Gasteiger partial charge >= 0.3 is 0 Å². The van der Waals surface area contributed by atoms with Gasteiger partial charge in [0.2, 0.25) is 0 Å². The van der Waals surface area contributed by atoms with E-state index in [1.807, 2.05) is 0 Å². The summed E-state index contributed by atoms with van der Waals surface area (Å²) < 4.78 is 11.0. The Hall–Kier alpha value is -1.09. The van der Waals surface area contributed by atoms with Gasteiger partial charge in [-0.1, -0.05) is 11.6 Å². The molecule has 0 amide bonds. The molecule has 0 aliphatic heterocycles. The third-order valence-corrected chi connectivity index (χ3v) is 3.07. The molecule has 2 rings (SSSR count). The Bertz CT molecular complexity index is 373. The van der Waals surface area contributed by atoms with Crippen molar-refractivity contribution in [2.75, 3.05) is 7.11 Å². The van der Waals surface area contributed by atoms with Gasteiger partial charge in [-0.2, -0.15) is 0 Å². The average molecular weight is 243 g/mol. The van der Waals surface area contributed by atoms with Crippen LogP contribution in [0.3, 0.4) is 0 Å². The summed E-state index contributed by atoms with van der Waals surface area (Å²) in [4.78, 5) is 0. The number of benzene rings is 1. The lowest BCUT2D eigenvalue weighted by atomic mass is 10.2. The summed E-state index contributed by atoms with van der Waals surface area (Å²) in [7, 11) is 1.54. The minimum Gasteiger partial charge on any atom is -0.508 e. The molecule has 1 fully saturated rings. The van der Waals surface area contributed by atoms with E-state index in [0.29, 0.717) is 16.5 Å². The van der Waals surface area contributed by atoms with Crippen LogP contribution in [0.1, 0.15) is 25.7 Å². The van der Waals surface area contributed by atoms with Crippen molar-refractivity contribution in [1.82, 2.24) is 0 Å². The molecule has 0 spiro atoms. The predicted molar refractivity (Wildman–Crippen MR) is 62.6 cm³/mol. The van der Waals surface area contributed by atoms with Crippen LogP contribution in [0.4, 0.5) is 0 Å². The average Bonchev–Trinajstić information content (AvgIpc) is 2.70. The number of ether oxygens (including phenoxy) is 2. The first kappa shape index (κ1) is 11.4. The van der Waals surface area contributed by atoms with Gasteiger partial charge < -0.3 is 14.6 Å². The number of aromatic hydroxyl groups is 1. The molecular formula is C12H15ClO3. The number of phenols is 1. The highest BCUT2D eigenvalue weighted by Gasteiger charge is 2.20. The van der Waals surface area contributed by atoms with Crippen LogP contribution in [0.2, 0.25) is 5.02 Å². The third-order valence-electron chi connectivity index (χ3n) is 2.79. The maximum Gasteiger partial charge on any atom is 0.179 e. The van der Waals surface area contributed by atoms with Crippen molar-refractivity contribution < 1.29 is 14.6 Å². The van der Waals surface area contributed by atoms with Crippen LogP contribution < -0.4 is 9.47 Å². The Balaban J connectivity index is 2.23. The third kappa shape index (κ3) is 2.35. The van der Waals surface area contributed by atoms with Crippen molar-refractivity contribution in [1.29, 1.82) is 0 Å². The van der Waals surface area contributed by atoms with Crippen LogP contribution in [-0.4, -0.2) is 18.3 Å². The lowest BCUT2D eigenvalue weighted by molar-refractivity contribution is 0.200. The van der Waals surface area contributed by atoms with Crippen molar-refractivity contribution in [2.24, 2.45) is 0 Å².